The molecule has 3 rings (SSSR count). The third kappa shape index (κ3) is 1.89. The van der Waals surface area contributed by atoms with E-state index >= 15 is 0 Å². The standard InChI is InChI=1S/C12H13FN2OS/c13-8-3-4-11-10(6-8)14-12(17)15(11)9-2-1-5-16-7-9/h3-4,6,9H,1-2,5,7H2,(H,14,17). The lowest BCUT2D eigenvalue weighted by atomic mass is 10.1. The lowest BCUT2D eigenvalue weighted by Crippen LogP contribution is -2.21. The van der Waals surface area contributed by atoms with Crippen molar-refractivity contribution in [2.75, 3.05) is 13.2 Å². The molecule has 0 bridgehead atoms. The minimum atomic E-state index is -0.249. The first-order valence-electron chi connectivity index (χ1n) is 5.73. The van der Waals surface area contributed by atoms with Crippen molar-refractivity contribution < 1.29 is 9.13 Å². The van der Waals surface area contributed by atoms with Gasteiger partial charge in [0.15, 0.2) is 4.77 Å². The number of aromatic nitrogens is 2. The summed E-state index contributed by atoms with van der Waals surface area (Å²) < 4.78 is 21.3. The van der Waals surface area contributed by atoms with Crippen LogP contribution in [0.1, 0.15) is 18.9 Å². The third-order valence-electron chi connectivity index (χ3n) is 3.18. The minimum Gasteiger partial charge on any atom is -0.379 e. The van der Waals surface area contributed by atoms with Gasteiger partial charge in [-0.25, -0.2) is 4.39 Å². The average Bonchev–Trinajstić information content (AvgIpc) is 2.65. The van der Waals surface area contributed by atoms with Gasteiger partial charge in [-0.1, -0.05) is 0 Å². The van der Waals surface area contributed by atoms with Gasteiger partial charge in [0.2, 0.25) is 0 Å². The largest absolute Gasteiger partial charge is 0.379 e. The van der Waals surface area contributed by atoms with Crippen molar-refractivity contribution in [2.45, 2.75) is 18.9 Å². The number of imidazole rings is 1. The number of fused-ring (bicyclic) bond motifs is 1. The lowest BCUT2D eigenvalue weighted by molar-refractivity contribution is 0.0600. The Balaban J connectivity index is 2.14. The summed E-state index contributed by atoms with van der Waals surface area (Å²) in [5.41, 5.74) is 1.70. The average molecular weight is 252 g/mol. The highest BCUT2D eigenvalue weighted by molar-refractivity contribution is 7.71. The van der Waals surface area contributed by atoms with E-state index in [1.807, 2.05) is 4.57 Å². The summed E-state index contributed by atoms with van der Waals surface area (Å²) >= 11 is 5.31. The molecule has 17 heavy (non-hydrogen) atoms. The van der Waals surface area contributed by atoms with Crippen LogP contribution in [0.5, 0.6) is 0 Å². The molecule has 0 radical (unpaired) electrons. The Kier molecular flexibility index (Phi) is 2.72. The van der Waals surface area contributed by atoms with Gasteiger partial charge in [-0.2, -0.15) is 0 Å². The zero-order valence-corrected chi connectivity index (χ0v) is 10.1. The molecule has 2 aromatic rings. The molecule has 1 aromatic carbocycles. The van der Waals surface area contributed by atoms with Crippen LogP contribution in [0.3, 0.4) is 0 Å². The Hall–Kier alpha value is -1.20. The van der Waals surface area contributed by atoms with E-state index in [9.17, 15) is 4.39 Å². The number of nitrogens with zero attached hydrogens (tertiary/aromatic N) is 1. The Morgan fingerprint density at radius 2 is 2.35 bits per heavy atom. The van der Waals surface area contributed by atoms with E-state index in [2.05, 4.69) is 4.98 Å². The van der Waals surface area contributed by atoms with Crippen molar-refractivity contribution in [3.05, 3.63) is 28.8 Å². The number of H-pyrrole nitrogens is 1. The third-order valence-corrected chi connectivity index (χ3v) is 3.48. The first-order chi connectivity index (χ1) is 8.25. The highest BCUT2D eigenvalue weighted by Gasteiger charge is 2.18. The topological polar surface area (TPSA) is 29.9 Å². The van der Waals surface area contributed by atoms with Gasteiger partial charge in [0.25, 0.3) is 0 Å². The second kappa shape index (κ2) is 4.23. The number of halogens is 1. The Bertz CT molecular complexity index is 598. The van der Waals surface area contributed by atoms with E-state index in [-0.39, 0.29) is 11.9 Å². The fourth-order valence-corrected chi connectivity index (χ4v) is 2.75. The summed E-state index contributed by atoms with van der Waals surface area (Å²) in [5.74, 6) is -0.249. The van der Waals surface area contributed by atoms with E-state index in [1.54, 1.807) is 6.07 Å². The fraction of sp³-hybridized carbons (Fsp3) is 0.417. The predicted octanol–water partition coefficient (Wildman–Crippen LogP) is 3.19. The second-order valence-corrected chi connectivity index (χ2v) is 4.72. The molecule has 0 saturated carbocycles. The number of nitrogens with one attached hydrogen (secondary N) is 1. The molecule has 1 N–H and O–H groups in total. The van der Waals surface area contributed by atoms with Crippen molar-refractivity contribution in [3.63, 3.8) is 0 Å². The minimum absolute atomic E-state index is 0.249. The molecule has 5 heteroatoms. The van der Waals surface area contributed by atoms with Crippen LogP contribution >= 0.6 is 12.2 Å². The summed E-state index contributed by atoms with van der Waals surface area (Å²) in [6, 6.07) is 4.97. The van der Waals surface area contributed by atoms with E-state index < -0.39 is 0 Å². The smallest absolute Gasteiger partial charge is 0.178 e. The van der Waals surface area contributed by atoms with Gasteiger partial charge >= 0.3 is 0 Å². The Morgan fingerprint density at radius 1 is 1.47 bits per heavy atom. The van der Waals surface area contributed by atoms with Crippen LogP contribution in [0.4, 0.5) is 4.39 Å². The van der Waals surface area contributed by atoms with Crippen LogP contribution in [0.25, 0.3) is 11.0 Å². The van der Waals surface area contributed by atoms with Gasteiger partial charge < -0.3 is 14.3 Å². The normalized spacial score (nSPS) is 20.9. The first-order valence-corrected chi connectivity index (χ1v) is 6.14. The number of benzene rings is 1. The summed E-state index contributed by atoms with van der Waals surface area (Å²) in [7, 11) is 0. The van der Waals surface area contributed by atoms with E-state index in [0.29, 0.717) is 11.4 Å². The lowest BCUT2D eigenvalue weighted by Gasteiger charge is -2.23. The van der Waals surface area contributed by atoms with Gasteiger partial charge in [0.05, 0.1) is 23.7 Å². The van der Waals surface area contributed by atoms with Crippen LogP contribution < -0.4 is 0 Å². The maximum atomic E-state index is 13.1. The Morgan fingerprint density at radius 3 is 3.12 bits per heavy atom. The molecule has 2 heterocycles. The number of rotatable bonds is 1. The van der Waals surface area contributed by atoms with Crippen molar-refractivity contribution >= 4 is 23.3 Å². The molecule has 1 aliphatic rings. The van der Waals surface area contributed by atoms with Crippen molar-refractivity contribution in [2.24, 2.45) is 0 Å². The number of ether oxygens (including phenoxy) is 1. The Labute approximate surface area is 103 Å². The maximum Gasteiger partial charge on any atom is 0.178 e. The molecule has 1 saturated heterocycles. The van der Waals surface area contributed by atoms with E-state index in [4.69, 9.17) is 17.0 Å². The van der Waals surface area contributed by atoms with E-state index in [1.165, 1.54) is 12.1 Å². The number of hydrogen-bond donors (Lipinski definition) is 1. The van der Waals surface area contributed by atoms with Crippen molar-refractivity contribution in [3.8, 4) is 0 Å². The molecule has 1 aliphatic heterocycles. The molecule has 0 aliphatic carbocycles. The van der Waals surface area contributed by atoms with Gasteiger partial charge in [-0.05, 0) is 43.3 Å². The molecule has 90 valence electrons. The van der Waals surface area contributed by atoms with Gasteiger partial charge in [0.1, 0.15) is 5.82 Å². The van der Waals surface area contributed by atoms with Crippen molar-refractivity contribution in [1.82, 2.24) is 9.55 Å². The van der Waals surface area contributed by atoms with Gasteiger partial charge in [-0.15, -0.1) is 0 Å². The van der Waals surface area contributed by atoms with Crippen molar-refractivity contribution in [1.29, 1.82) is 0 Å². The van der Waals surface area contributed by atoms with Crippen LogP contribution in [0, 0.1) is 10.6 Å². The first kappa shape index (κ1) is 10.9. The molecular formula is C12H13FN2OS. The predicted molar refractivity (Wildman–Crippen MR) is 66.2 cm³/mol. The maximum absolute atomic E-state index is 13.1. The van der Waals surface area contributed by atoms with Crippen LogP contribution in [0.15, 0.2) is 18.2 Å². The van der Waals surface area contributed by atoms with Crippen LogP contribution in [0.2, 0.25) is 0 Å². The zero-order valence-electron chi connectivity index (χ0n) is 9.28. The fourth-order valence-electron chi connectivity index (χ4n) is 2.39. The summed E-state index contributed by atoms with van der Waals surface area (Å²) in [6.07, 6.45) is 2.10. The number of aromatic amines is 1. The van der Waals surface area contributed by atoms with E-state index in [0.717, 1.165) is 30.5 Å². The molecular weight excluding hydrogens is 239 g/mol. The molecule has 0 spiro atoms. The summed E-state index contributed by atoms with van der Waals surface area (Å²) in [5, 5.41) is 0. The zero-order chi connectivity index (χ0) is 11.8. The molecule has 1 aromatic heterocycles. The molecule has 1 atom stereocenters. The summed E-state index contributed by atoms with van der Waals surface area (Å²) in [6.45, 7) is 1.50. The monoisotopic (exact) mass is 252 g/mol. The quantitative estimate of drug-likeness (QED) is 0.790. The molecule has 3 nitrogen and oxygen atoms in total. The highest BCUT2D eigenvalue weighted by atomic mass is 32.1. The second-order valence-electron chi connectivity index (χ2n) is 4.33. The van der Waals surface area contributed by atoms with Gasteiger partial charge in [0, 0.05) is 6.61 Å². The molecule has 0 amide bonds. The number of hydrogen-bond acceptors (Lipinski definition) is 2. The summed E-state index contributed by atoms with van der Waals surface area (Å²) in [4.78, 5) is 3.05. The highest BCUT2D eigenvalue weighted by Crippen LogP contribution is 2.25. The SMILES string of the molecule is Fc1ccc2c(c1)[nH]c(=S)n2C1CCCOC1. The van der Waals surface area contributed by atoms with Crippen LogP contribution in [-0.2, 0) is 4.74 Å². The van der Waals surface area contributed by atoms with Crippen LogP contribution in [-0.4, -0.2) is 22.8 Å². The molecule has 1 fully saturated rings. The molecule has 1 unspecified atom stereocenters. The van der Waals surface area contributed by atoms with Gasteiger partial charge in [-0.3, -0.25) is 0 Å².